The first-order chi connectivity index (χ1) is 11.3. The Balaban J connectivity index is 1.92. The molecule has 3 nitrogen and oxygen atoms in total. The molecule has 2 aromatic heterocycles. The number of aromatic nitrogens is 2. The van der Waals surface area contributed by atoms with Gasteiger partial charge in [-0.2, -0.15) is 13.2 Å². The summed E-state index contributed by atoms with van der Waals surface area (Å²) in [6, 6.07) is 5.09. The minimum Gasteiger partial charge on any atom is -0.396 e. The zero-order chi connectivity index (χ0) is 17.1. The van der Waals surface area contributed by atoms with Crippen LogP contribution in [-0.4, -0.2) is 27.1 Å². The minimum absolute atomic E-state index is 0.243. The molecule has 24 heavy (non-hydrogen) atoms. The lowest BCUT2D eigenvalue weighted by molar-refractivity contribution is -0.356. The first kappa shape index (κ1) is 14.9. The highest BCUT2D eigenvalue weighted by atomic mass is 19.4. The van der Waals surface area contributed by atoms with Gasteiger partial charge in [-0.1, -0.05) is 6.07 Å². The van der Waals surface area contributed by atoms with E-state index in [1.807, 2.05) is 0 Å². The molecule has 122 valence electrons. The van der Waals surface area contributed by atoms with Gasteiger partial charge in [-0.25, -0.2) is 0 Å². The van der Waals surface area contributed by atoms with E-state index in [1.165, 1.54) is 42.8 Å². The molecule has 0 unspecified atom stereocenters. The number of rotatable bonds is 1. The summed E-state index contributed by atoms with van der Waals surface area (Å²) in [4.78, 5) is 3.43. The monoisotopic (exact) mass is 337 g/mol. The number of pyridine rings is 1. The molecule has 9 heteroatoms. The van der Waals surface area contributed by atoms with Crippen LogP contribution in [0.5, 0.6) is 0 Å². The first-order valence-corrected chi connectivity index (χ1v) is 7.08. The summed E-state index contributed by atoms with van der Waals surface area (Å²) < 4.78 is 68.9. The number of hydrogen-bond donors (Lipinski definition) is 0. The molecule has 2 aliphatic rings. The molecule has 4 rings (SSSR count). The Kier molecular flexibility index (Phi) is 2.88. The van der Waals surface area contributed by atoms with Crippen LogP contribution in [0.2, 0.25) is 0 Å². The maximum Gasteiger partial charge on any atom is 0.737 e. The van der Waals surface area contributed by atoms with Gasteiger partial charge in [-0.05, 0) is 24.4 Å². The molecule has 0 atom stereocenters. The average Bonchev–Trinajstić information content (AvgIpc) is 3.17. The molecule has 0 aromatic carbocycles. The van der Waals surface area contributed by atoms with Crippen molar-refractivity contribution in [2.75, 3.05) is 0 Å². The highest BCUT2D eigenvalue weighted by Crippen LogP contribution is 2.38. The third-order valence-electron chi connectivity index (χ3n) is 4.08. The van der Waals surface area contributed by atoms with Gasteiger partial charge in [0.2, 0.25) is 0 Å². The topological polar surface area (TPSA) is 20.8 Å². The number of halogens is 5. The zero-order valence-electron chi connectivity index (χ0n) is 12.0. The van der Waals surface area contributed by atoms with Crippen LogP contribution in [0.1, 0.15) is 17.0 Å². The van der Waals surface area contributed by atoms with E-state index in [1.54, 1.807) is 0 Å². The summed E-state index contributed by atoms with van der Waals surface area (Å²) in [5.74, 6) is 0. The molecule has 4 heterocycles. The maximum absolute atomic E-state index is 14.6. The zero-order valence-corrected chi connectivity index (χ0v) is 12.0. The second-order valence-electron chi connectivity index (χ2n) is 5.49. The van der Waals surface area contributed by atoms with Gasteiger partial charge in [0.25, 0.3) is 0 Å². The fourth-order valence-electron chi connectivity index (χ4n) is 3.02. The van der Waals surface area contributed by atoms with Crippen LogP contribution < -0.4 is 0 Å². The number of hydrogen-bond acceptors (Lipinski definition) is 1. The summed E-state index contributed by atoms with van der Waals surface area (Å²) in [7, 11) is 0. The number of allylic oxidation sites excluding steroid dienone is 2. The minimum atomic E-state index is -4.55. The molecular weight excluding hydrogens is 328 g/mol. The summed E-state index contributed by atoms with van der Waals surface area (Å²) in [5.41, 5.74) is 0.219. The lowest BCUT2D eigenvalue weighted by atomic mass is 9.87. The van der Waals surface area contributed by atoms with E-state index in [0.717, 1.165) is 21.2 Å². The smallest absolute Gasteiger partial charge is 0.396 e. The third kappa shape index (κ3) is 1.97. The van der Waals surface area contributed by atoms with Crippen molar-refractivity contribution in [3.05, 3.63) is 71.5 Å². The summed E-state index contributed by atoms with van der Waals surface area (Å²) in [5, 5.41) is 0. The van der Waals surface area contributed by atoms with Crippen molar-refractivity contribution in [3.63, 3.8) is 0 Å². The standard InChI is InChI=1S/C15H9BF5N3/c17-15(18,19)13-6-5-10(9-22-13)14-11-3-1-7-23(11)16(20,21)24-8-2-4-12(14)24/h1-9H. The van der Waals surface area contributed by atoms with Crippen molar-refractivity contribution in [3.8, 4) is 0 Å². The van der Waals surface area contributed by atoms with Crippen LogP contribution in [0.15, 0.2) is 54.5 Å². The lowest BCUT2D eigenvalue weighted by Crippen LogP contribution is -2.49. The molecule has 0 spiro atoms. The average molecular weight is 337 g/mol. The van der Waals surface area contributed by atoms with Crippen molar-refractivity contribution in [1.82, 2.24) is 9.46 Å². The van der Waals surface area contributed by atoms with E-state index in [-0.39, 0.29) is 11.4 Å². The molecule has 0 aliphatic carbocycles. The molecular formula is C15H9BF5N3. The second kappa shape index (κ2) is 4.65. The van der Waals surface area contributed by atoms with E-state index in [0.29, 0.717) is 11.1 Å². The van der Waals surface area contributed by atoms with E-state index >= 15 is 0 Å². The third-order valence-corrected chi connectivity index (χ3v) is 4.08. The summed E-state index contributed by atoms with van der Waals surface area (Å²) >= 11 is 0. The van der Waals surface area contributed by atoms with Gasteiger partial charge in [0.15, 0.2) is 5.70 Å². The van der Waals surface area contributed by atoms with E-state index in [4.69, 9.17) is 0 Å². The Morgan fingerprint density at radius 2 is 1.92 bits per heavy atom. The van der Waals surface area contributed by atoms with Crippen molar-refractivity contribution < 1.29 is 26.3 Å². The van der Waals surface area contributed by atoms with Crippen LogP contribution in [0.3, 0.4) is 0 Å². The quantitative estimate of drug-likeness (QED) is 0.576. The molecule has 0 N–H and O–H groups in total. The molecule has 2 aliphatic heterocycles. The number of alkyl halides is 3. The summed E-state index contributed by atoms with van der Waals surface area (Å²) in [6.07, 6.45) is 2.02. The molecule has 0 saturated carbocycles. The molecule has 0 saturated heterocycles. The molecule has 0 amide bonds. The molecule has 0 fully saturated rings. The van der Waals surface area contributed by atoms with Crippen LogP contribution in [0.4, 0.5) is 21.8 Å². The highest BCUT2D eigenvalue weighted by Gasteiger charge is 2.51. The maximum atomic E-state index is 14.6. The number of fused-ring (bicyclic) bond motifs is 2. The van der Waals surface area contributed by atoms with Gasteiger partial charge in [0, 0.05) is 29.6 Å². The van der Waals surface area contributed by atoms with Gasteiger partial charge >= 0.3 is 13.1 Å². The van der Waals surface area contributed by atoms with Gasteiger partial charge in [-0.15, -0.1) is 0 Å². The van der Waals surface area contributed by atoms with E-state index < -0.39 is 18.8 Å². The Morgan fingerprint density at radius 3 is 2.58 bits per heavy atom. The number of nitrogens with zero attached hydrogens (tertiary/aromatic N) is 3. The van der Waals surface area contributed by atoms with Crippen LogP contribution >= 0.6 is 0 Å². The van der Waals surface area contributed by atoms with Gasteiger partial charge < -0.3 is 17.6 Å². The normalized spacial score (nSPS) is 18.5. The Hall–Kier alpha value is -2.71. The van der Waals surface area contributed by atoms with Crippen molar-refractivity contribution in [2.45, 2.75) is 6.18 Å². The van der Waals surface area contributed by atoms with Gasteiger partial charge in [-0.3, -0.25) is 4.98 Å². The van der Waals surface area contributed by atoms with Crippen molar-refractivity contribution >= 4 is 18.8 Å². The summed E-state index contributed by atoms with van der Waals surface area (Å²) in [6.45, 7) is -4.03. The van der Waals surface area contributed by atoms with Crippen LogP contribution in [-0.2, 0) is 6.18 Å². The van der Waals surface area contributed by atoms with Crippen LogP contribution in [0, 0.1) is 0 Å². The lowest BCUT2D eigenvalue weighted by Gasteiger charge is -2.30. The Bertz CT molecular complexity index is 919. The second-order valence-corrected chi connectivity index (χ2v) is 5.49. The Labute approximate surface area is 133 Å². The largest absolute Gasteiger partial charge is 0.737 e. The fourth-order valence-corrected chi connectivity index (χ4v) is 3.02. The Morgan fingerprint density at radius 1 is 1.12 bits per heavy atom. The SMILES string of the molecule is F[B-]1(F)n2cccc2C(c2ccc(C(F)(F)F)nc2)=C2C=CC=[N+]21. The first-order valence-electron chi connectivity index (χ1n) is 7.08. The van der Waals surface area contributed by atoms with Crippen LogP contribution in [0.25, 0.3) is 5.57 Å². The van der Waals surface area contributed by atoms with E-state index in [2.05, 4.69) is 4.98 Å². The fraction of sp³-hybridized carbons (Fsp3) is 0.0667. The molecule has 0 bridgehead atoms. The van der Waals surface area contributed by atoms with Gasteiger partial charge in [0.1, 0.15) is 11.9 Å². The van der Waals surface area contributed by atoms with Gasteiger partial charge in [0.05, 0.1) is 5.57 Å². The molecule has 0 radical (unpaired) electrons. The molecule has 2 aromatic rings. The highest BCUT2D eigenvalue weighted by molar-refractivity contribution is 6.57. The van der Waals surface area contributed by atoms with Crippen molar-refractivity contribution in [1.29, 1.82) is 0 Å². The predicted octanol–water partition coefficient (Wildman–Crippen LogP) is 3.55. The van der Waals surface area contributed by atoms with Crippen molar-refractivity contribution in [2.24, 2.45) is 0 Å². The van der Waals surface area contributed by atoms with E-state index in [9.17, 15) is 21.8 Å². The predicted molar refractivity (Wildman–Crippen MR) is 78.5 cm³/mol.